The van der Waals surface area contributed by atoms with Crippen molar-refractivity contribution in [1.82, 2.24) is 20.2 Å². The van der Waals surface area contributed by atoms with E-state index in [4.69, 9.17) is 5.73 Å². The normalized spacial score (nSPS) is 10.4. The molecule has 0 atom stereocenters. The molecule has 1 heterocycles. The molecule has 2 N–H and O–H groups in total. The van der Waals surface area contributed by atoms with E-state index in [1.54, 1.807) is 12.1 Å². The van der Waals surface area contributed by atoms with Gasteiger partial charge in [0.15, 0.2) is 0 Å². The van der Waals surface area contributed by atoms with E-state index < -0.39 is 0 Å². The van der Waals surface area contributed by atoms with E-state index in [-0.39, 0.29) is 11.8 Å². The molecule has 2 aromatic rings. The van der Waals surface area contributed by atoms with Crippen molar-refractivity contribution in [1.29, 1.82) is 0 Å². The number of halogens is 1. The topological polar surface area (TPSA) is 69.6 Å². The van der Waals surface area contributed by atoms with E-state index in [0.29, 0.717) is 6.54 Å². The van der Waals surface area contributed by atoms with E-state index in [9.17, 15) is 4.39 Å². The molecule has 1 aromatic carbocycles. The number of nitrogens with two attached hydrogens (primary N) is 1. The fraction of sp³-hybridized carbons (Fsp3) is 0.125. The summed E-state index contributed by atoms with van der Waals surface area (Å²) in [5.74, 6) is -0.0663. The van der Waals surface area contributed by atoms with Gasteiger partial charge in [0.05, 0.1) is 6.54 Å². The second-order valence-corrected chi connectivity index (χ2v) is 2.82. The van der Waals surface area contributed by atoms with Crippen LogP contribution in [0.15, 0.2) is 24.3 Å². The number of rotatable bonds is 2. The first-order valence-corrected chi connectivity index (χ1v) is 4.02. The van der Waals surface area contributed by atoms with Crippen molar-refractivity contribution in [3.8, 4) is 0 Å². The molecule has 0 unspecified atom stereocenters. The van der Waals surface area contributed by atoms with E-state index in [1.165, 1.54) is 16.8 Å². The Bertz CT molecular complexity index is 439. The molecule has 0 spiro atoms. The molecule has 14 heavy (non-hydrogen) atoms. The number of hydrogen-bond donors (Lipinski definition) is 1. The van der Waals surface area contributed by atoms with Crippen LogP contribution in [0.4, 0.5) is 10.3 Å². The number of nitrogens with zero attached hydrogens (tertiary/aromatic N) is 4. The molecular weight excluding hydrogens is 185 g/mol. The maximum Gasteiger partial charge on any atom is 0.240 e. The highest BCUT2D eigenvalue weighted by Gasteiger charge is 2.02. The largest absolute Gasteiger partial charge is 0.367 e. The van der Waals surface area contributed by atoms with Crippen molar-refractivity contribution in [3.63, 3.8) is 0 Å². The molecule has 0 amide bonds. The summed E-state index contributed by atoms with van der Waals surface area (Å²) in [5.41, 5.74) is 6.23. The Morgan fingerprint density at radius 2 is 2.29 bits per heavy atom. The van der Waals surface area contributed by atoms with Crippen LogP contribution in [0.5, 0.6) is 0 Å². The van der Waals surface area contributed by atoms with Crippen LogP contribution in [0, 0.1) is 5.82 Å². The number of nitrogen functional groups attached to an aromatic ring is 1. The summed E-state index contributed by atoms with van der Waals surface area (Å²) >= 11 is 0. The predicted molar refractivity (Wildman–Crippen MR) is 47.7 cm³/mol. The van der Waals surface area contributed by atoms with Crippen molar-refractivity contribution in [2.75, 3.05) is 5.73 Å². The maximum atomic E-state index is 12.8. The van der Waals surface area contributed by atoms with Crippen LogP contribution in [0.3, 0.4) is 0 Å². The Labute approximate surface area is 79.3 Å². The lowest BCUT2D eigenvalue weighted by molar-refractivity contribution is 0.615. The van der Waals surface area contributed by atoms with Gasteiger partial charge in [0.2, 0.25) is 5.95 Å². The standard InChI is InChI=1S/C8H8FN5/c9-7-3-1-2-6(4-7)5-14-8(10)11-12-13-14/h1-4H,5H2,(H2,10,11,13). The molecule has 2 rings (SSSR count). The molecule has 0 bridgehead atoms. The van der Waals surface area contributed by atoms with Crippen LogP contribution in [-0.4, -0.2) is 20.2 Å². The highest BCUT2D eigenvalue weighted by Crippen LogP contribution is 2.06. The average Bonchev–Trinajstić information content (AvgIpc) is 2.52. The number of benzene rings is 1. The van der Waals surface area contributed by atoms with Gasteiger partial charge in [0, 0.05) is 0 Å². The minimum atomic E-state index is -0.283. The van der Waals surface area contributed by atoms with Crippen molar-refractivity contribution >= 4 is 5.95 Å². The molecule has 0 aliphatic rings. The SMILES string of the molecule is Nc1nnnn1Cc1cccc(F)c1. The monoisotopic (exact) mass is 193 g/mol. The molecule has 0 saturated heterocycles. The minimum Gasteiger partial charge on any atom is -0.367 e. The van der Waals surface area contributed by atoms with Gasteiger partial charge in [0.25, 0.3) is 0 Å². The molecule has 6 heteroatoms. The molecule has 1 aromatic heterocycles. The minimum absolute atomic E-state index is 0.217. The quantitative estimate of drug-likeness (QED) is 0.751. The van der Waals surface area contributed by atoms with E-state index in [1.807, 2.05) is 0 Å². The second-order valence-electron chi connectivity index (χ2n) is 2.82. The van der Waals surface area contributed by atoms with Gasteiger partial charge in [-0.25, -0.2) is 9.07 Å². The molecule has 0 aliphatic heterocycles. The van der Waals surface area contributed by atoms with Gasteiger partial charge in [0.1, 0.15) is 5.82 Å². The highest BCUT2D eigenvalue weighted by molar-refractivity contribution is 5.19. The molecule has 0 aliphatic carbocycles. The lowest BCUT2D eigenvalue weighted by atomic mass is 10.2. The smallest absolute Gasteiger partial charge is 0.240 e. The summed E-state index contributed by atoms with van der Waals surface area (Å²) in [6.07, 6.45) is 0. The van der Waals surface area contributed by atoms with Crippen molar-refractivity contribution in [3.05, 3.63) is 35.6 Å². The third-order valence-corrected chi connectivity index (χ3v) is 1.78. The van der Waals surface area contributed by atoms with E-state index in [2.05, 4.69) is 15.5 Å². The maximum absolute atomic E-state index is 12.8. The third kappa shape index (κ3) is 1.68. The van der Waals surface area contributed by atoms with Gasteiger partial charge in [-0.05, 0) is 28.1 Å². The first kappa shape index (κ1) is 8.61. The molecule has 0 fully saturated rings. The fourth-order valence-corrected chi connectivity index (χ4v) is 1.13. The van der Waals surface area contributed by atoms with Gasteiger partial charge < -0.3 is 5.73 Å². The predicted octanol–water partition coefficient (Wildman–Crippen LogP) is 0.443. The van der Waals surface area contributed by atoms with Crippen LogP contribution in [0.1, 0.15) is 5.56 Å². The van der Waals surface area contributed by atoms with E-state index in [0.717, 1.165) is 5.56 Å². The van der Waals surface area contributed by atoms with Crippen LogP contribution in [0.25, 0.3) is 0 Å². The summed E-state index contributed by atoms with van der Waals surface area (Å²) in [5, 5.41) is 10.6. The summed E-state index contributed by atoms with van der Waals surface area (Å²) in [4.78, 5) is 0. The van der Waals surface area contributed by atoms with Crippen molar-refractivity contribution in [2.45, 2.75) is 6.54 Å². The molecule has 72 valence electrons. The van der Waals surface area contributed by atoms with Crippen molar-refractivity contribution in [2.24, 2.45) is 0 Å². The summed E-state index contributed by atoms with van der Waals surface area (Å²) < 4.78 is 14.2. The number of tetrazole rings is 1. The average molecular weight is 193 g/mol. The Kier molecular flexibility index (Phi) is 2.10. The lowest BCUT2D eigenvalue weighted by Crippen LogP contribution is -2.06. The van der Waals surface area contributed by atoms with Gasteiger partial charge in [-0.15, -0.1) is 0 Å². The Hall–Kier alpha value is -1.98. The van der Waals surface area contributed by atoms with Gasteiger partial charge in [-0.1, -0.05) is 17.2 Å². The highest BCUT2D eigenvalue weighted by atomic mass is 19.1. The molecular formula is C8H8FN5. The molecule has 0 radical (unpaired) electrons. The first-order valence-electron chi connectivity index (χ1n) is 4.02. The molecule has 0 saturated carbocycles. The zero-order valence-corrected chi connectivity index (χ0v) is 7.26. The Morgan fingerprint density at radius 1 is 1.43 bits per heavy atom. The summed E-state index contributed by atoms with van der Waals surface area (Å²) in [7, 11) is 0. The van der Waals surface area contributed by atoms with Crippen LogP contribution in [-0.2, 0) is 6.54 Å². The number of hydrogen-bond acceptors (Lipinski definition) is 4. The van der Waals surface area contributed by atoms with Crippen LogP contribution >= 0.6 is 0 Å². The fourth-order valence-electron chi connectivity index (χ4n) is 1.13. The number of anilines is 1. The van der Waals surface area contributed by atoms with Gasteiger partial charge >= 0.3 is 0 Å². The van der Waals surface area contributed by atoms with Crippen molar-refractivity contribution < 1.29 is 4.39 Å². The lowest BCUT2D eigenvalue weighted by Gasteiger charge is -2.01. The third-order valence-electron chi connectivity index (χ3n) is 1.78. The first-order chi connectivity index (χ1) is 6.75. The van der Waals surface area contributed by atoms with Gasteiger partial charge in [-0.3, -0.25) is 0 Å². The molecule has 5 nitrogen and oxygen atoms in total. The Morgan fingerprint density at radius 3 is 2.93 bits per heavy atom. The summed E-state index contributed by atoms with van der Waals surface area (Å²) in [6.45, 7) is 0.372. The second kappa shape index (κ2) is 3.41. The Balaban J connectivity index is 2.23. The zero-order valence-electron chi connectivity index (χ0n) is 7.26. The number of aromatic nitrogens is 4. The van der Waals surface area contributed by atoms with Crippen LogP contribution in [0.2, 0.25) is 0 Å². The summed E-state index contributed by atoms with van der Waals surface area (Å²) in [6, 6.07) is 6.21. The van der Waals surface area contributed by atoms with E-state index >= 15 is 0 Å². The van der Waals surface area contributed by atoms with Gasteiger partial charge in [-0.2, -0.15) is 0 Å². The zero-order chi connectivity index (χ0) is 9.97. The van der Waals surface area contributed by atoms with Crippen LogP contribution < -0.4 is 5.73 Å².